The van der Waals surface area contributed by atoms with Crippen molar-refractivity contribution < 1.29 is 4.79 Å². The molecule has 2 rings (SSSR count). The first-order chi connectivity index (χ1) is 8.16. The van der Waals surface area contributed by atoms with Crippen molar-refractivity contribution in [1.82, 2.24) is 4.98 Å². The summed E-state index contributed by atoms with van der Waals surface area (Å²) in [6.07, 6.45) is 3.18. The highest BCUT2D eigenvalue weighted by Crippen LogP contribution is 2.20. The molecule has 0 saturated carbocycles. The van der Waals surface area contributed by atoms with Gasteiger partial charge in [0.15, 0.2) is 0 Å². The Balaban J connectivity index is 2.23. The van der Waals surface area contributed by atoms with Gasteiger partial charge in [-0.3, -0.25) is 9.78 Å². The highest BCUT2D eigenvalue weighted by atomic mass is 35.5. The van der Waals surface area contributed by atoms with Crippen LogP contribution in [0.5, 0.6) is 0 Å². The lowest BCUT2D eigenvalue weighted by Gasteiger charge is -2.06. The lowest BCUT2D eigenvalue weighted by molar-refractivity contribution is 0.102. The molecule has 2 aromatic rings. The van der Waals surface area contributed by atoms with Crippen molar-refractivity contribution in [3.63, 3.8) is 0 Å². The zero-order valence-electron chi connectivity index (χ0n) is 8.85. The van der Waals surface area contributed by atoms with Crippen molar-refractivity contribution >= 4 is 28.9 Å². The van der Waals surface area contributed by atoms with Crippen LogP contribution in [-0.2, 0) is 0 Å². The third-order valence-electron chi connectivity index (χ3n) is 2.15. The molecule has 86 valence electrons. The van der Waals surface area contributed by atoms with Crippen LogP contribution >= 0.6 is 11.6 Å². The number of nitrogens with zero attached hydrogens (tertiary/aromatic N) is 1. The van der Waals surface area contributed by atoms with Gasteiger partial charge in [0, 0.05) is 11.9 Å². The van der Waals surface area contributed by atoms with Crippen LogP contribution in [-0.4, -0.2) is 10.9 Å². The first-order valence-electron chi connectivity index (χ1n) is 4.93. The summed E-state index contributed by atoms with van der Waals surface area (Å²) in [7, 11) is 0. The molecule has 1 heterocycles. The average molecular weight is 248 g/mol. The summed E-state index contributed by atoms with van der Waals surface area (Å²) in [5, 5.41) is 3.05. The smallest absolute Gasteiger partial charge is 0.257 e. The molecule has 1 amide bonds. The summed E-state index contributed by atoms with van der Waals surface area (Å²) in [5.41, 5.74) is 7.05. The lowest BCUT2D eigenvalue weighted by atomic mass is 10.2. The van der Waals surface area contributed by atoms with Crippen LogP contribution in [0.15, 0.2) is 42.7 Å². The normalized spacial score (nSPS) is 9.94. The Morgan fingerprint density at radius 1 is 1.35 bits per heavy atom. The fourth-order valence-corrected chi connectivity index (χ4v) is 1.56. The van der Waals surface area contributed by atoms with E-state index in [1.54, 1.807) is 36.7 Å². The van der Waals surface area contributed by atoms with Gasteiger partial charge in [0.05, 0.1) is 22.5 Å². The van der Waals surface area contributed by atoms with Crippen LogP contribution in [0.2, 0.25) is 5.02 Å². The highest BCUT2D eigenvalue weighted by Gasteiger charge is 2.10. The fourth-order valence-electron chi connectivity index (χ4n) is 1.35. The van der Waals surface area contributed by atoms with E-state index in [0.717, 1.165) is 0 Å². The minimum absolute atomic E-state index is 0.310. The van der Waals surface area contributed by atoms with Gasteiger partial charge in [-0.2, -0.15) is 0 Å². The molecule has 17 heavy (non-hydrogen) atoms. The number of amides is 1. The zero-order chi connectivity index (χ0) is 12.3. The molecule has 0 aliphatic carbocycles. The number of hydrogen-bond donors (Lipinski definition) is 2. The Labute approximate surface area is 103 Å². The second-order valence-corrected chi connectivity index (χ2v) is 3.84. The largest absolute Gasteiger partial charge is 0.399 e. The van der Waals surface area contributed by atoms with E-state index in [0.29, 0.717) is 22.0 Å². The summed E-state index contributed by atoms with van der Waals surface area (Å²) in [4.78, 5) is 15.8. The second kappa shape index (κ2) is 4.84. The molecule has 0 radical (unpaired) electrons. The van der Waals surface area contributed by atoms with Gasteiger partial charge in [-0.15, -0.1) is 0 Å². The molecule has 0 fully saturated rings. The van der Waals surface area contributed by atoms with Crippen molar-refractivity contribution in [2.24, 2.45) is 0 Å². The molecule has 1 aromatic carbocycles. The Hall–Kier alpha value is -2.07. The minimum Gasteiger partial charge on any atom is -0.399 e. The Bertz CT molecular complexity index is 543. The first kappa shape index (κ1) is 11.4. The van der Waals surface area contributed by atoms with Gasteiger partial charge >= 0.3 is 0 Å². The second-order valence-electron chi connectivity index (χ2n) is 3.44. The van der Waals surface area contributed by atoms with Gasteiger partial charge < -0.3 is 11.1 Å². The highest BCUT2D eigenvalue weighted by molar-refractivity contribution is 6.34. The van der Waals surface area contributed by atoms with Gasteiger partial charge in [-0.25, -0.2) is 0 Å². The predicted octanol–water partition coefficient (Wildman–Crippen LogP) is 2.57. The van der Waals surface area contributed by atoms with E-state index in [9.17, 15) is 4.79 Å². The van der Waals surface area contributed by atoms with Gasteiger partial charge in [0.25, 0.3) is 5.91 Å². The number of carbonyl (C=O) groups is 1. The van der Waals surface area contributed by atoms with Crippen molar-refractivity contribution in [1.29, 1.82) is 0 Å². The molecule has 0 aliphatic heterocycles. The van der Waals surface area contributed by atoms with E-state index in [-0.39, 0.29) is 5.91 Å². The van der Waals surface area contributed by atoms with Crippen molar-refractivity contribution in [3.05, 3.63) is 53.3 Å². The number of pyridine rings is 1. The summed E-state index contributed by atoms with van der Waals surface area (Å²) < 4.78 is 0. The molecule has 0 unspecified atom stereocenters. The average Bonchev–Trinajstić information content (AvgIpc) is 2.33. The zero-order valence-corrected chi connectivity index (χ0v) is 9.61. The molecule has 4 nitrogen and oxygen atoms in total. The summed E-state index contributed by atoms with van der Waals surface area (Å²) >= 11 is 5.93. The third-order valence-corrected chi connectivity index (χ3v) is 2.48. The first-order valence-corrected chi connectivity index (χ1v) is 5.31. The Kier molecular flexibility index (Phi) is 3.25. The topological polar surface area (TPSA) is 68.0 Å². The van der Waals surface area contributed by atoms with Crippen LogP contribution in [0.3, 0.4) is 0 Å². The van der Waals surface area contributed by atoms with E-state index in [4.69, 9.17) is 17.3 Å². The third kappa shape index (κ3) is 2.73. The van der Waals surface area contributed by atoms with E-state index >= 15 is 0 Å². The van der Waals surface area contributed by atoms with E-state index < -0.39 is 0 Å². The van der Waals surface area contributed by atoms with Crippen LogP contribution in [0, 0.1) is 0 Å². The molecule has 3 N–H and O–H groups in total. The minimum atomic E-state index is -0.310. The number of anilines is 2. The molecule has 0 bridgehead atoms. The molecular weight excluding hydrogens is 238 g/mol. The van der Waals surface area contributed by atoms with Crippen LogP contribution in [0.4, 0.5) is 11.4 Å². The maximum absolute atomic E-state index is 11.9. The summed E-state index contributed by atoms with van der Waals surface area (Å²) in [6, 6.07) is 8.24. The molecule has 0 atom stereocenters. The van der Waals surface area contributed by atoms with Gasteiger partial charge in [0.2, 0.25) is 0 Å². The number of nitrogens with two attached hydrogens (primary N) is 1. The molecule has 0 spiro atoms. The predicted molar refractivity (Wildman–Crippen MR) is 68.1 cm³/mol. The standard InChI is InChI=1S/C12H10ClN3O/c13-11-4-3-8(14)6-10(11)12(17)16-9-2-1-5-15-7-9/h1-7H,14H2,(H,16,17). The number of rotatable bonds is 2. The molecule has 0 saturated heterocycles. The molecule has 5 heteroatoms. The Morgan fingerprint density at radius 3 is 2.88 bits per heavy atom. The molecule has 1 aromatic heterocycles. The van der Waals surface area contributed by atoms with E-state index in [2.05, 4.69) is 10.3 Å². The maximum Gasteiger partial charge on any atom is 0.257 e. The number of aromatic nitrogens is 1. The number of nitrogens with one attached hydrogen (secondary N) is 1. The summed E-state index contributed by atoms with van der Waals surface area (Å²) in [6.45, 7) is 0. The SMILES string of the molecule is Nc1ccc(Cl)c(C(=O)Nc2cccnc2)c1. The number of nitrogen functional groups attached to an aromatic ring is 1. The lowest BCUT2D eigenvalue weighted by Crippen LogP contribution is -2.12. The number of halogens is 1. The van der Waals surface area contributed by atoms with Crippen molar-refractivity contribution in [2.45, 2.75) is 0 Å². The van der Waals surface area contributed by atoms with Crippen LogP contribution in [0.1, 0.15) is 10.4 Å². The molecule has 0 aliphatic rings. The monoisotopic (exact) mass is 247 g/mol. The van der Waals surface area contributed by atoms with E-state index in [1.807, 2.05) is 0 Å². The maximum atomic E-state index is 11.9. The number of carbonyl (C=O) groups excluding carboxylic acids is 1. The van der Waals surface area contributed by atoms with Crippen molar-refractivity contribution in [3.8, 4) is 0 Å². The van der Waals surface area contributed by atoms with Gasteiger partial charge in [-0.05, 0) is 30.3 Å². The van der Waals surface area contributed by atoms with Crippen LogP contribution in [0.25, 0.3) is 0 Å². The fraction of sp³-hybridized carbons (Fsp3) is 0. The number of hydrogen-bond acceptors (Lipinski definition) is 3. The summed E-state index contributed by atoms with van der Waals surface area (Å²) in [5.74, 6) is -0.310. The van der Waals surface area contributed by atoms with E-state index in [1.165, 1.54) is 6.07 Å². The van der Waals surface area contributed by atoms with Gasteiger partial charge in [-0.1, -0.05) is 11.6 Å². The quantitative estimate of drug-likeness (QED) is 0.802. The number of benzene rings is 1. The Morgan fingerprint density at radius 2 is 2.18 bits per heavy atom. The van der Waals surface area contributed by atoms with Gasteiger partial charge in [0.1, 0.15) is 0 Å². The van der Waals surface area contributed by atoms with Crippen LogP contribution < -0.4 is 11.1 Å². The molecular formula is C12H10ClN3O. The van der Waals surface area contributed by atoms with Crippen molar-refractivity contribution in [2.75, 3.05) is 11.1 Å².